The van der Waals surface area contributed by atoms with Crippen molar-refractivity contribution in [3.05, 3.63) is 72.2 Å². The Bertz CT molecular complexity index is 878. The summed E-state index contributed by atoms with van der Waals surface area (Å²) < 4.78 is 41.7. The normalized spacial score (nSPS) is 11.2. The molecule has 0 unspecified atom stereocenters. The number of nitrogens with one attached hydrogen (secondary N) is 1. The Balaban J connectivity index is 1.61. The first kappa shape index (κ1) is 17.5. The minimum Gasteiger partial charge on any atom is -0.406 e. The Morgan fingerprint density at radius 1 is 1.15 bits per heavy atom. The van der Waals surface area contributed by atoms with Crippen LogP contribution in [-0.2, 0) is 6.54 Å². The molecule has 9 heteroatoms. The van der Waals surface area contributed by atoms with E-state index in [1.54, 1.807) is 41.5 Å². The Morgan fingerprint density at radius 3 is 2.58 bits per heavy atom. The lowest BCUT2D eigenvalue weighted by molar-refractivity contribution is -0.274. The van der Waals surface area contributed by atoms with E-state index in [0.29, 0.717) is 5.82 Å². The summed E-state index contributed by atoms with van der Waals surface area (Å²) in [6.07, 6.45) is 0.205. The lowest BCUT2D eigenvalue weighted by Gasteiger charge is -2.10. The van der Waals surface area contributed by atoms with Gasteiger partial charge >= 0.3 is 6.36 Å². The number of pyridine rings is 1. The Kier molecular flexibility index (Phi) is 4.87. The Labute approximate surface area is 146 Å². The van der Waals surface area contributed by atoms with Crippen LogP contribution in [0.25, 0.3) is 5.82 Å². The fraction of sp³-hybridized carbons (Fsp3) is 0.118. The van der Waals surface area contributed by atoms with Crippen LogP contribution >= 0.6 is 0 Å². The van der Waals surface area contributed by atoms with Crippen molar-refractivity contribution < 1.29 is 22.7 Å². The number of carbonyl (C=O) groups is 1. The maximum absolute atomic E-state index is 12.1. The molecule has 1 amide bonds. The predicted octanol–water partition coefficient (Wildman–Crippen LogP) is 3.10. The van der Waals surface area contributed by atoms with Crippen molar-refractivity contribution in [3.63, 3.8) is 0 Å². The van der Waals surface area contributed by atoms with Crippen LogP contribution in [-0.4, -0.2) is 27.0 Å². The molecule has 0 aliphatic heterocycles. The van der Waals surface area contributed by atoms with Gasteiger partial charge < -0.3 is 10.1 Å². The van der Waals surface area contributed by atoms with Gasteiger partial charge in [0.1, 0.15) is 5.75 Å². The first-order valence-corrected chi connectivity index (χ1v) is 7.50. The van der Waals surface area contributed by atoms with Gasteiger partial charge in [0.15, 0.2) is 5.82 Å². The van der Waals surface area contributed by atoms with Crippen molar-refractivity contribution in [1.29, 1.82) is 0 Å². The second kappa shape index (κ2) is 7.26. The molecule has 3 aromatic rings. The van der Waals surface area contributed by atoms with E-state index in [9.17, 15) is 18.0 Å². The van der Waals surface area contributed by atoms with Crippen molar-refractivity contribution in [2.45, 2.75) is 12.9 Å². The van der Waals surface area contributed by atoms with Crippen LogP contribution in [0.5, 0.6) is 5.75 Å². The molecule has 6 nitrogen and oxygen atoms in total. The quantitative estimate of drug-likeness (QED) is 0.757. The standard InChI is InChI=1S/C17H13F3N4O2/c18-17(19,20)26-14-4-2-13(3-5-14)16(25)22-11-12-6-8-21-15(10-12)24-9-1-7-23-24/h1-10H,11H2,(H,22,25). The Hall–Kier alpha value is -3.36. The van der Waals surface area contributed by atoms with E-state index in [-0.39, 0.29) is 17.9 Å². The molecule has 0 aliphatic rings. The average molecular weight is 362 g/mol. The Morgan fingerprint density at radius 2 is 1.92 bits per heavy atom. The molecule has 0 fully saturated rings. The number of ether oxygens (including phenoxy) is 1. The molecular formula is C17H13F3N4O2. The monoisotopic (exact) mass is 362 g/mol. The van der Waals surface area contributed by atoms with Gasteiger partial charge in [0.2, 0.25) is 0 Å². The molecule has 0 saturated heterocycles. The number of halogens is 3. The third-order valence-corrected chi connectivity index (χ3v) is 3.35. The van der Waals surface area contributed by atoms with Gasteiger partial charge in [0, 0.05) is 30.7 Å². The zero-order valence-electron chi connectivity index (χ0n) is 13.3. The molecule has 0 bridgehead atoms. The number of rotatable bonds is 5. The lowest BCUT2D eigenvalue weighted by Crippen LogP contribution is -2.23. The fourth-order valence-corrected chi connectivity index (χ4v) is 2.19. The molecule has 0 radical (unpaired) electrons. The topological polar surface area (TPSA) is 69.0 Å². The molecule has 0 saturated carbocycles. The lowest BCUT2D eigenvalue weighted by atomic mass is 10.2. The zero-order valence-corrected chi connectivity index (χ0v) is 13.3. The first-order chi connectivity index (χ1) is 12.4. The molecule has 3 rings (SSSR count). The van der Waals surface area contributed by atoms with E-state index < -0.39 is 12.3 Å². The number of nitrogens with zero attached hydrogens (tertiary/aromatic N) is 3. The third kappa shape index (κ3) is 4.59. The van der Waals surface area contributed by atoms with Gasteiger partial charge in [0.25, 0.3) is 5.91 Å². The molecule has 0 spiro atoms. The zero-order chi connectivity index (χ0) is 18.6. The number of carbonyl (C=O) groups excluding carboxylic acids is 1. The summed E-state index contributed by atoms with van der Waals surface area (Å²) in [5.41, 5.74) is 1.02. The van der Waals surface area contributed by atoms with Crippen molar-refractivity contribution in [3.8, 4) is 11.6 Å². The molecule has 1 N–H and O–H groups in total. The van der Waals surface area contributed by atoms with Gasteiger partial charge in [-0.2, -0.15) is 5.10 Å². The van der Waals surface area contributed by atoms with E-state index in [0.717, 1.165) is 17.7 Å². The summed E-state index contributed by atoms with van der Waals surface area (Å²) in [7, 11) is 0. The highest BCUT2D eigenvalue weighted by atomic mass is 19.4. The summed E-state index contributed by atoms with van der Waals surface area (Å²) in [5.74, 6) is -0.191. The molecule has 2 aromatic heterocycles. The van der Waals surface area contributed by atoms with Crippen LogP contribution in [0.2, 0.25) is 0 Å². The molecule has 0 aliphatic carbocycles. The van der Waals surface area contributed by atoms with Gasteiger partial charge in [-0.05, 0) is 48.0 Å². The minimum absolute atomic E-state index is 0.223. The number of aromatic nitrogens is 3. The predicted molar refractivity (Wildman–Crippen MR) is 85.7 cm³/mol. The molecule has 26 heavy (non-hydrogen) atoms. The van der Waals surface area contributed by atoms with Crippen LogP contribution in [0.15, 0.2) is 61.1 Å². The molecule has 2 heterocycles. The van der Waals surface area contributed by atoms with Crippen molar-refractivity contribution >= 4 is 5.91 Å². The van der Waals surface area contributed by atoms with E-state index in [1.165, 1.54) is 12.1 Å². The SMILES string of the molecule is O=C(NCc1ccnc(-n2cccn2)c1)c1ccc(OC(F)(F)F)cc1. The van der Waals surface area contributed by atoms with Crippen LogP contribution in [0, 0.1) is 0 Å². The van der Waals surface area contributed by atoms with Crippen molar-refractivity contribution in [2.24, 2.45) is 0 Å². The highest BCUT2D eigenvalue weighted by Gasteiger charge is 2.31. The molecule has 0 atom stereocenters. The van der Waals surface area contributed by atoms with Gasteiger partial charge in [-0.25, -0.2) is 9.67 Å². The fourth-order valence-electron chi connectivity index (χ4n) is 2.19. The second-order valence-corrected chi connectivity index (χ2v) is 5.23. The van der Waals surface area contributed by atoms with Crippen LogP contribution in [0.4, 0.5) is 13.2 Å². The van der Waals surface area contributed by atoms with Crippen LogP contribution in [0.3, 0.4) is 0 Å². The van der Waals surface area contributed by atoms with Gasteiger partial charge in [0.05, 0.1) is 0 Å². The van der Waals surface area contributed by atoms with Gasteiger partial charge in [-0.15, -0.1) is 13.2 Å². The van der Waals surface area contributed by atoms with Gasteiger partial charge in [-0.1, -0.05) is 0 Å². The van der Waals surface area contributed by atoms with E-state index in [2.05, 4.69) is 20.1 Å². The van der Waals surface area contributed by atoms with Gasteiger partial charge in [-0.3, -0.25) is 4.79 Å². The van der Waals surface area contributed by atoms with Crippen LogP contribution in [0.1, 0.15) is 15.9 Å². The van der Waals surface area contributed by atoms with Crippen molar-refractivity contribution in [2.75, 3.05) is 0 Å². The molecule has 1 aromatic carbocycles. The smallest absolute Gasteiger partial charge is 0.406 e. The summed E-state index contributed by atoms with van der Waals surface area (Å²) in [6.45, 7) is 0.233. The van der Waals surface area contributed by atoms with E-state index >= 15 is 0 Å². The van der Waals surface area contributed by atoms with Crippen molar-refractivity contribution in [1.82, 2.24) is 20.1 Å². The molecular weight excluding hydrogens is 349 g/mol. The summed E-state index contributed by atoms with van der Waals surface area (Å²) in [4.78, 5) is 16.3. The first-order valence-electron chi connectivity index (χ1n) is 7.50. The number of alkyl halides is 3. The highest BCUT2D eigenvalue weighted by Crippen LogP contribution is 2.22. The third-order valence-electron chi connectivity index (χ3n) is 3.35. The number of benzene rings is 1. The summed E-state index contributed by atoms with van der Waals surface area (Å²) in [6, 6.07) is 9.98. The minimum atomic E-state index is -4.77. The number of hydrogen-bond donors (Lipinski definition) is 1. The largest absolute Gasteiger partial charge is 0.573 e. The van der Waals surface area contributed by atoms with E-state index in [4.69, 9.17) is 0 Å². The summed E-state index contributed by atoms with van der Waals surface area (Å²) >= 11 is 0. The molecule has 134 valence electrons. The number of amides is 1. The number of hydrogen-bond acceptors (Lipinski definition) is 4. The average Bonchev–Trinajstić information content (AvgIpc) is 3.14. The summed E-state index contributed by atoms with van der Waals surface area (Å²) in [5, 5.41) is 6.77. The maximum Gasteiger partial charge on any atom is 0.573 e. The highest BCUT2D eigenvalue weighted by molar-refractivity contribution is 5.94. The second-order valence-electron chi connectivity index (χ2n) is 5.23. The van der Waals surface area contributed by atoms with Crippen LogP contribution < -0.4 is 10.1 Å². The van der Waals surface area contributed by atoms with E-state index in [1.807, 2.05) is 0 Å². The maximum atomic E-state index is 12.1.